The molecule has 0 radical (unpaired) electrons. The molecule has 3 aliphatic rings. The Labute approximate surface area is 191 Å². The van der Waals surface area contributed by atoms with Gasteiger partial charge >= 0.3 is 5.97 Å². The predicted molar refractivity (Wildman–Crippen MR) is 119 cm³/mol. The van der Waals surface area contributed by atoms with E-state index in [0.29, 0.717) is 36.2 Å². The molecule has 1 saturated carbocycles. The zero-order valence-corrected chi connectivity index (χ0v) is 19.1. The number of carbonyl (C=O) groups is 2. The van der Waals surface area contributed by atoms with Crippen molar-refractivity contribution in [3.63, 3.8) is 0 Å². The van der Waals surface area contributed by atoms with Crippen molar-refractivity contribution in [3.05, 3.63) is 50.4 Å². The first kappa shape index (κ1) is 22.8. The van der Waals surface area contributed by atoms with Gasteiger partial charge < -0.3 is 19.5 Å². The van der Waals surface area contributed by atoms with Gasteiger partial charge in [-0.15, -0.1) is 0 Å². The van der Waals surface area contributed by atoms with Crippen molar-refractivity contribution in [1.82, 2.24) is 5.32 Å². The van der Waals surface area contributed by atoms with Crippen LogP contribution in [-0.2, 0) is 14.3 Å². The molecule has 1 atom stereocenters. The van der Waals surface area contributed by atoms with Gasteiger partial charge in [0.05, 0.1) is 36.7 Å². The zero-order valence-electron chi connectivity index (χ0n) is 19.1. The SMILES string of the molecule is COc1cc(C2C(C(=O)OC3CCCC3)=C(C)NC3=C2C(=O)CCC3)c([N+](=O)[O-])cc1OC. The lowest BCUT2D eigenvalue weighted by Gasteiger charge is -2.34. The van der Waals surface area contributed by atoms with Gasteiger partial charge in [0.25, 0.3) is 5.69 Å². The molecule has 0 amide bonds. The van der Waals surface area contributed by atoms with Crippen molar-refractivity contribution < 1.29 is 28.7 Å². The fourth-order valence-corrected chi connectivity index (χ4v) is 5.06. The van der Waals surface area contributed by atoms with Crippen LogP contribution in [0.3, 0.4) is 0 Å². The van der Waals surface area contributed by atoms with Gasteiger partial charge in [-0.05, 0) is 51.5 Å². The molecule has 9 heteroatoms. The highest BCUT2D eigenvalue weighted by molar-refractivity contribution is 6.04. The molecule has 4 rings (SSSR count). The Balaban J connectivity index is 1.91. The summed E-state index contributed by atoms with van der Waals surface area (Å²) in [5.74, 6) is -1.13. The second-order valence-corrected chi connectivity index (χ2v) is 8.60. The van der Waals surface area contributed by atoms with Crippen molar-refractivity contribution in [2.75, 3.05) is 14.2 Å². The minimum Gasteiger partial charge on any atom is -0.493 e. The maximum absolute atomic E-state index is 13.4. The summed E-state index contributed by atoms with van der Waals surface area (Å²) in [6.45, 7) is 1.74. The summed E-state index contributed by atoms with van der Waals surface area (Å²) in [4.78, 5) is 38.0. The van der Waals surface area contributed by atoms with Gasteiger partial charge in [-0.25, -0.2) is 4.79 Å². The summed E-state index contributed by atoms with van der Waals surface area (Å²) < 4.78 is 16.4. The predicted octanol–water partition coefficient (Wildman–Crippen LogP) is 4.07. The maximum atomic E-state index is 13.4. The quantitative estimate of drug-likeness (QED) is 0.387. The van der Waals surface area contributed by atoms with Crippen LogP contribution < -0.4 is 14.8 Å². The second-order valence-electron chi connectivity index (χ2n) is 8.60. The number of carbonyl (C=O) groups excluding carboxylic acids is 2. The number of hydrogen-bond acceptors (Lipinski definition) is 8. The van der Waals surface area contributed by atoms with Gasteiger partial charge in [-0.2, -0.15) is 0 Å². The van der Waals surface area contributed by atoms with Crippen molar-refractivity contribution in [1.29, 1.82) is 0 Å². The van der Waals surface area contributed by atoms with Crippen LogP contribution in [0.25, 0.3) is 0 Å². The molecular formula is C24H28N2O7. The molecule has 0 aromatic heterocycles. The van der Waals surface area contributed by atoms with Crippen LogP contribution in [0.15, 0.2) is 34.7 Å². The van der Waals surface area contributed by atoms with E-state index in [1.54, 1.807) is 6.92 Å². The van der Waals surface area contributed by atoms with Crippen LogP contribution in [0.4, 0.5) is 5.69 Å². The van der Waals surface area contributed by atoms with E-state index in [9.17, 15) is 19.7 Å². The molecular weight excluding hydrogens is 428 g/mol. The number of esters is 1. The fourth-order valence-electron chi connectivity index (χ4n) is 5.06. The van der Waals surface area contributed by atoms with Gasteiger partial charge in [0.15, 0.2) is 17.3 Å². The minimum absolute atomic E-state index is 0.128. The van der Waals surface area contributed by atoms with Crippen LogP contribution in [0.2, 0.25) is 0 Å². The monoisotopic (exact) mass is 456 g/mol. The molecule has 1 heterocycles. The maximum Gasteiger partial charge on any atom is 0.337 e. The zero-order chi connectivity index (χ0) is 23.7. The highest BCUT2D eigenvalue weighted by Crippen LogP contribution is 2.48. The van der Waals surface area contributed by atoms with Crippen LogP contribution in [0, 0.1) is 10.1 Å². The first-order valence-corrected chi connectivity index (χ1v) is 11.2. The van der Waals surface area contributed by atoms with E-state index >= 15 is 0 Å². The van der Waals surface area contributed by atoms with Crippen LogP contribution in [-0.4, -0.2) is 37.0 Å². The summed E-state index contributed by atoms with van der Waals surface area (Å²) in [6.07, 6.45) is 5.01. The van der Waals surface area contributed by atoms with E-state index in [0.717, 1.165) is 25.7 Å². The van der Waals surface area contributed by atoms with E-state index < -0.39 is 16.8 Å². The van der Waals surface area contributed by atoms with Gasteiger partial charge in [-0.3, -0.25) is 14.9 Å². The molecule has 1 aliphatic heterocycles. The van der Waals surface area contributed by atoms with Crippen molar-refractivity contribution >= 4 is 17.4 Å². The average molecular weight is 456 g/mol. The molecule has 1 N–H and O–H groups in total. The average Bonchev–Trinajstić information content (AvgIpc) is 3.30. The van der Waals surface area contributed by atoms with Gasteiger partial charge in [0.2, 0.25) is 0 Å². The number of allylic oxidation sites excluding steroid dienone is 3. The van der Waals surface area contributed by atoms with Crippen molar-refractivity contribution in [2.45, 2.75) is 63.9 Å². The first-order valence-electron chi connectivity index (χ1n) is 11.2. The van der Waals surface area contributed by atoms with Gasteiger partial charge in [-0.1, -0.05) is 0 Å². The van der Waals surface area contributed by atoms with Crippen LogP contribution in [0.5, 0.6) is 11.5 Å². The Morgan fingerprint density at radius 2 is 1.76 bits per heavy atom. The largest absolute Gasteiger partial charge is 0.493 e. The molecule has 2 aliphatic carbocycles. The lowest BCUT2D eigenvalue weighted by Crippen LogP contribution is -2.35. The molecule has 1 aromatic carbocycles. The Hall–Kier alpha value is -3.36. The number of rotatable bonds is 6. The highest BCUT2D eigenvalue weighted by atomic mass is 16.6. The van der Waals surface area contributed by atoms with Gasteiger partial charge in [0, 0.05) is 29.0 Å². The minimum atomic E-state index is -0.928. The van der Waals surface area contributed by atoms with E-state index in [1.807, 2.05) is 0 Å². The Morgan fingerprint density at radius 1 is 1.09 bits per heavy atom. The number of Topliss-reactive ketones (excluding diaryl/α,β-unsaturated/α-hetero) is 1. The standard InChI is InChI=1S/C24H28N2O7/c1-13-21(24(28)33-14-7-4-5-8-14)22(23-16(25-13)9-6-10-18(23)27)15-11-19(31-2)20(32-3)12-17(15)26(29)30/h11-12,14,22,25H,4-10H2,1-3H3. The topological polar surface area (TPSA) is 117 Å². The summed E-state index contributed by atoms with van der Waals surface area (Å²) in [5, 5.41) is 15.3. The third kappa shape index (κ3) is 4.19. The van der Waals surface area contributed by atoms with Crippen LogP contribution >= 0.6 is 0 Å². The molecule has 0 saturated heterocycles. The number of dihydropyridines is 1. The lowest BCUT2D eigenvalue weighted by atomic mass is 9.74. The third-order valence-corrected chi connectivity index (χ3v) is 6.61. The Kier molecular flexibility index (Phi) is 6.40. The van der Waals surface area contributed by atoms with E-state index in [1.165, 1.54) is 26.4 Å². The number of nitro benzene ring substituents is 1. The molecule has 9 nitrogen and oxygen atoms in total. The Bertz CT molecular complexity index is 1070. The molecule has 1 aromatic rings. The van der Waals surface area contributed by atoms with Crippen molar-refractivity contribution in [3.8, 4) is 11.5 Å². The van der Waals surface area contributed by atoms with E-state index in [4.69, 9.17) is 14.2 Å². The number of benzene rings is 1. The number of nitrogens with zero attached hydrogens (tertiary/aromatic N) is 1. The first-order chi connectivity index (χ1) is 15.8. The summed E-state index contributed by atoms with van der Waals surface area (Å²) in [6, 6.07) is 2.77. The Morgan fingerprint density at radius 3 is 2.39 bits per heavy atom. The number of ether oxygens (including phenoxy) is 3. The highest BCUT2D eigenvalue weighted by Gasteiger charge is 2.43. The normalized spacial score (nSPS) is 20.9. The molecule has 176 valence electrons. The number of ketones is 1. The lowest BCUT2D eigenvalue weighted by molar-refractivity contribution is -0.385. The molecule has 0 bridgehead atoms. The number of nitrogens with one attached hydrogen (secondary N) is 1. The summed E-state index contributed by atoms with van der Waals surface area (Å²) in [5.41, 5.74) is 1.82. The number of methoxy groups -OCH3 is 2. The molecule has 1 unspecified atom stereocenters. The van der Waals surface area contributed by atoms with Crippen LogP contribution in [0.1, 0.15) is 63.4 Å². The second kappa shape index (κ2) is 9.25. The number of nitro groups is 1. The third-order valence-electron chi connectivity index (χ3n) is 6.61. The fraction of sp³-hybridized carbons (Fsp3) is 0.500. The summed E-state index contributed by atoms with van der Waals surface area (Å²) >= 11 is 0. The van der Waals surface area contributed by atoms with E-state index in [2.05, 4.69) is 5.32 Å². The van der Waals surface area contributed by atoms with Crippen molar-refractivity contribution in [2.24, 2.45) is 0 Å². The summed E-state index contributed by atoms with van der Waals surface area (Å²) in [7, 11) is 2.83. The molecule has 0 spiro atoms. The smallest absolute Gasteiger partial charge is 0.337 e. The van der Waals surface area contributed by atoms with Gasteiger partial charge in [0.1, 0.15) is 6.10 Å². The van der Waals surface area contributed by atoms with E-state index in [-0.39, 0.29) is 40.2 Å². The molecule has 33 heavy (non-hydrogen) atoms. The number of hydrogen-bond donors (Lipinski definition) is 1. The molecule has 1 fully saturated rings.